The third-order valence-corrected chi connectivity index (χ3v) is 4.56. The second-order valence-corrected chi connectivity index (χ2v) is 5.95. The van der Waals surface area contributed by atoms with Crippen molar-refractivity contribution in [2.45, 2.75) is 52.4 Å². The Kier molecular flexibility index (Phi) is 4.38. The standard InChI is InChI=1S/C15H23NO3/c1-3-11-8-12-13(9-11)15(19)16(14(12)18)7-5-4-6-10(2)17/h11-13H,3-9H2,1-2H3. The van der Waals surface area contributed by atoms with E-state index in [-0.39, 0.29) is 29.4 Å². The van der Waals surface area contributed by atoms with E-state index < -0.39 is 0 Å². The summed E-state index contributed by atoms with van der Waals surface area (Å²) in [5.41, 5.74) is 0. The molecule has 2 amide bonds. The Labute approximate surface area is 114 Å². The molecule has 0 N–H and O–H groups in total. The van der Waals surface area contributed by atoms with Crippen molar-refractivity contribution in [2.75, 3.05) is 6.54 Å². The van der Waals surface area contributed by atoms with Crippen LogP contribution in [0.2, 0.25) is 0 Å². The van der Waals surface area contributed by atoms with Crippen LogP contribution in [0.3, 0.4) is 0 Å². The molecule has 1 aliphatic carbocycles. The first-order valence-corrected chi connectivity index (χ1v) is 7.39. The monoisotopic (exact) mass is 265 g/mol. The van der Waals surface area contributed by atoms with Gasteiger partial charge in [-0.1, -0.05) is 13.3 Å². The molecular formula is C15H23NO3. The fourth-order valence-corrected chi connectivity index (χ4v) is 3.40. The van der Waals surface area contributed by atoms with Crippen molar-refractivity contribution >= 4 is 17.6 Å². The van der Waals surface area contributed by atoms with Crippen molar-refractivity contribution in [3.05, 3.63) is 0 Å². The van der Waals surface area contributed by atoms with Gasteiger partial charge >= 0.3 is 0 Å². The van der Waals surface area contributed by atoms with Gasteiger partial charge in [0.15, 0.2) is 0 Å². The number of imide groups is 1. The molecule has 19 heavy (non-hydrogen) atoms. The van der Waals surface area contributed by atoms with Crippen LogP contribution >= 0.6 is 0 Å². The highest BCUT2D eigenvalue weighted by Crippen LogP contribution is 2.44. The molecule has 2 unspecified atom stereocenters. The van der Waals surface area contributed by atoms with Gasteiger partial charge in [0.25, 0.3) is 0 Å². The molecule has 1 heterocycles. The van der Waals surface area contributed by atoms with Crippen molar-refractivity contribution in [1.29, 1.82) is 0 Å². The van der Waals surface area contributed by atoms with Gasteiger partial charge < -0.3 is 4.79 Å². The molecule has 4 nitrogen and oxygen atoms in total. The summed E-state index contributed by atoms with van der Waals surface area (Å²) in [6.45, 7) is 4.19. The third kappa shape index (κ3) is 2.88. The highest BCUT2D eigenvalue weighted by molar-refractivity contribution is 6.05. The van der Waals surface area contributed by atoms with E-state index in [1.807, 2.05) is 0 Å². The first-order valence-electron chi connectivity index (χ1n) is 7.39. The van der Waals surface area contributed by atoms with Gasteiger partial charge in [-0.25, -0.2) is 0 Å². The number of unbranched alkanes of at least 4 members (excludes halogenated alkanes) is 1. The van der Waals surface area contributed by atoms with Crippen molar-refractivity contribution in [2.24, 2.45) is 17.8 Å². The van der Waals surface area contributed by atoms with Gasteiger partial charge in [-0.3, -0.25) is 14.5 Å². The number of hydrogen-bond donors (Lipinski definition) is 0. The number of Topliss-reactive ketones (excluding diaryl/α,β-unsaturated/α-hetero) is 1. The first kappa shape index (κ1) is 14.2. The predicted molar refractivity (Wildman–Crippen MR) is 71.2 cm³/mol. The maximum absolute atomic E-state index is 12.2. The van der Waals surface area contributed by atoms with E-state index in [1.165, 1.54) is 4.90 Å². The molecular weight excluding hydrogens is 242 g/mol. The SMILES string of the molecule is CCC1CC2C(=O)N(CCCCC(C)=O)C(=O)C2C1. The van der Waals surface area contributed by atoms with Gasteiger partial charge in [0.05, 0.1) is 11.8 Å². The lowest BCUT2D eigenvalue weighted by molar-refractivity contribution is -0.140. The Morgan fingerprint density at radius 1 is 1.16 bits per heavy atom. The molecule has 2 fully saturated rings. The molecule has 0 radical (unpaired) electrons. The Hall–Kier alpha value is -1.19. The molecule has 2 atom stereocenters. The van der Waals surface area contributed by atoms with Crippen molar-refractivity contribution < 1.29 is 14.4 Å². The average Bonchev–Trinajstić information content (AvgIpc) is 2.88. The van der Waals surface area contributed by atoms with E-state index in [2.05, 4.69) is 6.92 Å². The number of carbonyl (C=O) groups excluding carboxylic acids is 3. The molecule has 1 saturated heterocycles. The number of likely N-dealkylation sites (tertiary alicyclic amines) is 1. The van der Waals surface area contributed by atoms with E-state index in [4.69, 9.17) is 0 Å². The van der Waals surface area contributed by atoms with Crippen LogP contribution in [0, 0.1) is 17.8 Å². The quantitative estimate of drug-likeness (QED) is 0.546. The fraction of sp³-hybridized carbons (Fsp3) is 0.800. The molecule has 4 heteroatoms. The molecule has 1 aliphatic heterocycles. The van der Waals surface area contributed by atoms with E-state index in [9.17, 15) is 14.4 Å². The normalized spacial score (nSPS) is 30.0. The maximum Gasteiger partial charge on any atom is 0.233 e. The predicted octanol–water partition coefficient (Wildman–Crippen LogP) is 2.17. The Morgan fingerprint density at radius 2 is 1.74 bits per heavy atom. The molecule has 0 spiro atoms. The van der Waals surface area contributed by atoms with Crippen molar-refractivity contribution in [3.63, 3.8) is 0 Å². The van der Waals surface area contributed by atoms with Gasteiger partial charge in [0.2, 0.25) is 11.8 Å². The van der Waals surface area contributed by atoms with Crippen LogP contribution in [0.15, 0.2) is 0 Å². The summed E-state index contributed by atoms with van der Waals surface area (Å²) in [4.78, 5) is 36.7. The summed E-state index contributed by atoms with van der Waals surface area (Å²) in [7, 11) is 0. The molecule has 0 bridgehead atoms. The Morgan fingerprint density at radius 3 is 2.21 bits per heavy atom. The first-order chi connectivity index (χ1) is 9.04. The van der Waals surface area contributed by atoms with E-state index >= 15 is 0 Å². The number of ketones is 1. The number of carbonyl (C=O) groups is 3. The van der Waals surface area contributed by atoms with Crippen LogP contribution in [0.1, 0.15) is 52.4 Å². The minimum atomic E-state index is -0.0507. The lowest BCUT2D eigenvalue weighted by atomic mass is 10.00. The molecule has 0 aromatic rings. The summed E-state index contributed by atoms with van der Waals surface area (Å²) in [6.07, 6.45) is 4.88. The van der Waals surface area contributed by atoms with Crippen LogP contribution in [-0.4, -0.2) is 29.0 Å². The molecule has 1 saturated carbocycles. The number of amides is 2. The summed E-state index contributed by atoms with van der Waals surface area (Å²) in [5, 5.41) is 0. The lowest BCUT2D eigenvalue weighted by Gasteiger charge is -2.17. The Balaban J connectivity index is 1.86. The van der Waals surface area contributed by atoms with Gasteiger partial charge in [-0.15, -0.1) is 0 Å². The van der Waals surface area contributed by atoms with Crippen LogP contribution in [0.4, 0.5) is 0 Å². The number of nitrogens with zero attached hydrogens (tertiary/aromatic N) is 1. The van der Waals surface area contributed by atoms with Crippen molar-refractivity contribution in [3.8, 4) is 0 Å². The molecule has 0 aromatic carbocycles. The number of fused-ring (bicyclic) bond motifs is 1. The van der Waals surface area contributed by atoms with E-state index in [0.29, 0.717) is 18.9 Å². The average molecular weight is 265 g/mol. The van der Waals surface area contributed by atoms with E-state index in [0.717, 1.165) is 32.1 Å². The highest BCUT2D eigenvalue weighted by atomic mass is 16.2. The number of hydrogen-bond acceptors (Lipinski definition) is 3. The van der Waals surface area contributed by atoms with Gasteiger partial charge in [0.1, 0.15) is 5.78 Å². The zero-order chi connectivity index (χ0) is 14.0. The fourth-order valence-electron chi connectivity index (χ4n) is 3.40. The van der Waals surface area contributed by atoms with Gasteiger partial charge in [-0.2, -0.15) is 0 Å². The summed E-state index contributed by atoms with van der Waals surface area (Å²) in [6, 6.07) is 0. The molecule has 2 aliphatic rings. The summed E-state index contributed by atoms with van der Waals surface area (Å²) >= 11 is 0. The smallest absolute Gasteiger partial charge is 0.233 e. The van der Waals surface area contributed by atoms with Gasteiger partial charge in [0, 0.05) is 13.0 Å². The maximum atomic E-state index is 12.2. The minimum Gasteiger partial charge on any atom is -0.300 e. The van der Waals surface area contributed by atoms with Crippen LogP contribution in [0.5, 0.6) is 0 Å². The second-order valence-electron chi connectivity index (χ2n) is 5.95. The third-order valence-electron chi connectivity index (χ3n) is 4.56. The topological polar surface area (TPSA) is 54.5 Å². The largest absolute Gasteiger partial charge is 0.300 e. The molecule has 0 aromatic heterocycles. The van der Waals surface area contributed by atoms with Crippen LogP contribution in [-0.2, 0) is 14.4 Å². The highest BCUT2D eigenvalue weighted by Gasteiger charge is 2.51. The zero-order valence-electron chi connectivity index (χ0n) is 11.9. The van der Waals surface area contributed by atoms with Gasteiger partial charge in [-0.05, 0) is 38.5 Å². The zero-order valence-corrected chi connectivity index (χ0v) is 11.9. The van der Waals surface area contributed by atoms with Crippen LogP contribution in [0.25, 0.3) is 0 Å². The summed E-state index contributed by atoms with van der Waals surface area (Å²) < 4.78 is 0. The number of rotatable bonds is 6. The van der Waals surface area contributed by atoms with E-state index in [1.54, 1.807) is 6.92 Å². The van der Waals surface area contributed by atoms with Crippen molar-refractivity contribution in [1.82, 2.24) is 4.90 Å². The summed E-state index contributed by atoms with van der Waals surface area (Å²) in [5.74, 6) is 0.683. The second kappa shape index (κ2) is 5.85. The molecule has 2 rings (SSSR count). The van der Waals surface area contributed by atoms with Crippen LogP contribution < -0.4 is 0 Å². The minimum absolute atomic E-state index is 0.0359. The lowest BCUT2D eigenvalue weighted by Crippen LogP contribution is -2.33. The molecule has 106 valence electrons. The Bertz CT molecular complexity index is 367.